The molecule has 1 saturated heterocycles. The van der Waals surface area contributed by atoms with Gasteiger partial charge in [0.05, 0.1) is 6.61 Å². The van der Waals surface area contributed by atoms with E-state index in [1.165, 1.54) is 67.0 Å². The second-order valence-corrected chi connectivity index (χ2v) is 13.9. The molecular formula is C39H65BrO16. The van der Waals surface area contributed by atoms with E-state index in [0.717, 1.165) is 38.5 Å². The molecule has 0 N–H and O–H groups in total. The highest BCUT2D eigenvalue weighted by Crippen LogP contribution is 2.30. The molecule has 0 saturated carbocycles. The molecule has 0 aliphatic carbocycles. The van der Waals surface area contributed by atoms with E-state index in [2.05, 4.69) is 35.0 Å². The van der Waals surface area contributed by atoms with E-state index in [1.807, 2.05) is 0 Å². The zero-order valence-corrected chi connectivity index (χ0v) is 35.5. The van der Waals surface area contributed by atoms with Crippen molar-refractivity contribution in [1.82, 2.24) is 0 Å². The van der Waals surface area contributed by atoms with Crippen LogP contribution in [0.4, 0.5) is 0 Å². The number of allylic oxidation sites excluding steroid dienone is 2. The Hall–Kier alpha value is -2.67. The summed E-state index contributed by atoms with van der Waals surface area (Å²) in [6.07, 6.45) is 11.4. The van der Waals surface area contributed by atoms with Crippen LogP contribution in [0.2, 0.25) is 0 Å². The number of rotatable bonds is 33. The lowest BCUT2D eigenvalue weighted by molar-refractivity contribution is -0.312. The van der Waals surface area contributed by atoms with Crippen molar-refractivity contribution >= 4 is 45.8 Å². The van der Waals surface area contributed by atoms with Gasteiger partial charge in [-0.3, -0.25) is 4.79 Å². The van der Waals surface area contributed by atoms with Gasteiger partial charge in [-0.1, -0.05) is 86.4 Å². The average molecular weight is 870 g/mol. The van der Waals surface area contributed by atoms with Gasteiger partial charge in [-0.05, 0) is 32.1 Å². The molecule has 1 aliphatic rings. The Kier molecular flexibility index (Phi) is 30.5. The van der Waals surface area contributed by atoms with Gasteiger partial charge in [0.1, 0.15) is 45.2 Å². The summed E-state index contributed by atoms with van der Waals surface area (Å²) in [5, 5.41) is 0.188. The summed E-state index contributed by atoms with van der Waals surface area (Å²) in [6.45, 7) is -0.422. The standard InChI is InChI=1S/C39H65BrO16/c1-6-7-8-9-10-11-12-13-14-15-16-17-18-19-20-21-31(41)52-29(22-40)23-51-39-38(56-35(45)28-49-5)37(55-34(44)27-48-4)36(54-33(43)26-47-3)30(53-39)24-50-32(42)25-46-2/h13-14,29-30,36-39H,6-12,15-28H2,1-5H3/b14-13-/t29-,30-,36-,37+,38-,39+/m1/s1. The summed E-state index contributed by atoms with van der Waals surface area (Å²) in [6, 6.07) is 0. The SMILES string of the molecule is CCCCCCCC/C=C\CCCCCCCC(=O)O[C@H](CBr)CO[C@H]1O[C@H](COC(=O)COC)[C@@H](OC(=O)COC)[C@H](OC(=O)COC)[C@H]1OC(=O)COC. The first-order valence-corrected chi connectivity index (χ1v) is 20.6. The second kappa shape index (κ2) is 33.3. The van der Waals surface area contributed by atoms with Crippen LogP contribution in [0.25, 0.3) is 0 Å². The summed E-state index contributed by atoms with van der Waals surface area (Å²) in [4.78, 5) is 63.1. The van der Waals surface area contributed by atoms with E-state index in [-0.39, 0.29) is 25.0 Å². The molecule has 0 radical (unpaired) electrons. The molecule has 56 heavy (non-hydrogen) atoms. The summed E-state index contributed by atoms with van der Waals surface area (Å²) in [5.41, 5.74) is 0. The number of halogens is 1. The Morgan fingerprint density at radius 2 is 1.09 bits per heavy atom. The lowest BCUT2D eigenvalue weighted by Crippen LogP contribution is -2.63. The maximum absolute atomic E-state index is 12.8. The fourth-order valence-electron chi connectivity index (χ4n) is 5.69. The van der Waals surface area contributed by atoms with Crippen molar-refractivity contribution in [1.29, 1.82) is 0 Å². The molecule has 6 atom stereocenters. The van der Waals surface area contributed by atoms with Gasteiger partial charge in [0, 0.05) is 40.2 Å². The van der Waals surface area contributed by atoms with Crippen LogP contribution in [0, 0.1) is 0 Å². The van der Waals surface area contributed by atoms with Crippen LogP contribution in [-0.2, 0) is 76.1 Å². The molecule has 17 heteroatoms. The van der Waals surface area contributed by atoms with Crippen LogP contribution < -0.4 is 0 Å². The maximum atomic E-state index is 12.8. The zero-order chi connectivity index (χ0) is 41.4. The van der Waals surface area contributed by atoms with Crippen LogP contribution in [0.3, 0.4) is 0 Å². The van der Waals surface area contributed by atoms with Crippen molar-refractivity contribution in [2.24, 2.45) is 0 Å². The predicted molar refractivity (Wildman–Crippen MR) is 206 cm³/mol. The third kappa shape index (κ3) is 23.5. The Bertz CT molecular complexity index is 1120. The number of alkyl halides is 1. The molecule has 1 aliphatic heterocycles. The largest absolute Gasteiger partial charge is 0.461 e. The first-order chi connectivity index (χ1) is 27.1. The van der Waals surface area contributed by atoms with Gasteiger partial charge in [-0.25, -0.2) is 19.2 Å². The Morgan fingerprint density at radius 1 is 0.607 bits per heavy atom. The average Bonchev–Trinajstić information content (AvgIpc) is 3.16. The lowest BCUT2D eigenvalue weighted by atomic mass is 9.98. The van der Waals surface area contributed by atoms with Crippen molar-refractivity contribution in [2.45, 2.75) is 134 Å². The molecule has 16 nitrogen and oxygen atoms in total. The number of hydrogen-bond donors (Lipinski definition) is 0. The van der Waals surface area contributed by atoms with Crippen molar-refractivity contribution in [2.75, 3.05) is 73.4 Å². The minimum absolute atomic E-state index is 0.188. The highest BCUT2D eigenvalue weighted by atomic mass is 79.9. The third-order valence-corrected chi connectivity index (χ3v) is 9.13. The molecular weight excluding hydrogens is 804 g/mol. The van der Waals surface area contributed by atoms with E-state index in [9.17, 15) is 24.0 Å². The molecule has 0 aromatic carbocycles. The van der Waals surface area contributed by atoms with Gasteiger partial charge in [0.25, 0.3) is 0 Å². The summed E-state index contributed by atoms with van der Waals surface area (Å²) in [5.74, 6) is -3.87. The maximum Gasteiger partial charge on any atom is 0.332 e. The van der Waals surface area contributed by atoms with Gasteiger partial charge in [-0.15, -0.1) is 0 Å². The molecule has 0 bridgehead atoms. The van der Waals surface area contributed by atoms with E-state index in [0.29, 0.717) is 6.42 Å². The van der Waals surface area contributed by atoms with Gasteiger partial charge >= 0.3 is 29.8 Å². The predicted octanol–water partition coefficient (Wildman–Crippen LogP) is 4.94. The normalized spacial score (nSPS) is 20.0. The second-order valence-electron chi connectivity index (χ2n) is 13.3. The fraction of sp³-hybridized carbons (Fsp3) is 0.821. The first kappa shape index (κ1) is 51.3. The third-order valence-electron chi connectivity index (χ3n) is 8.41. The quantitative estimate of drug-likeness (QED) is 0.0284. The summed E-state index contributed by atoms with van der Waals surface area (Å²) >= 11 is 3.35. The highest BCUT2D eigenvalue weighted by molar-refractivity contribution is 9.09. The topological polar surface area (TPSA) is 187 Å². The fourth-order valence-corrected chi connectivity index (χ4v) is 6.01. The number of esters is 5. The molecule has 324 valence electrons. The molecule has 1 fully saturated rings. The van der Waals surface area contributed by atoms with Crippen LogP contribution in [0.1, 0.15) is 96.8 Å². The number of carbonyl (C=O) groups excluding carboxylic acids is 5. The Morgan fingerprint density at radius 3 is 1.62 bits per heavy atom. The smallest absolute Gasteiger partial charge is 0.332 e. The first-order valence-electron chi connectivity index (χ1n) is 19.5. The molecule has 0 unspecified atom stereocenters. The minimum Gasteiger partial charge on any atom is -0.461 e. The van der Waals surface area contributed by atoms with Crippen LogP contribution >= 0.6 is 15.9 Å². The molecule has 0 amide bonds. The van der Waals surface area contributed by atoms with Crippen molar-refractivity contribution < 1.29 is 76.1 Å². The number of ether oxygens (including phenoxy) is 11. The number of unbranched alkanes of at least 4 members (excludes halogenated alkanes) is 11. The van der Waals surface area contributed by atoms with E-state index < -0.39 is 93.1 Å². The molecule has 0 spiro atoms. The highest BCUT2D eigenvalue weighted by Gasteiger charge is 2.53. The zero-order valence-electron chi connectivity index (χ0n) is 33.9. The monoisotopic (exact) mass is 868 g/mol. The molecule has 0 aromatic heterocycles. The summed E-state index contributed by atoms with van der Waals surface area (Å²) < 4.78 is 59.3. The van der Waals surface area contributed by atoms with Crippen molar-refractivity contribution in [3.8, 4) is 0 Å². The summed E-state index contributed by atoms with van der Waals surface area (Å²) in [7, 11) is 5.10. The number of methoxy groups -OCH3 is 4. The van der Waals surface area contributed by atoms with Crippen molar-refractivity contribution in [3.05, 3.63) is 12.2 Å². The van der Waals surface area contributed by atoms with Gasteiger partial charge in [0.15, 0.2) is 24.6 Å². The lowest BCUT2D eigenvalue weighted by Gasteiger charge is -2.44. The van der Waals surface area contributed by atoms with Gasteiger partial charge < -0.3 is 52.1 Å². The Labute approximate surface area is 340 Å². The molecule has 1 rings (SSSR count). The van der Waals surface area contributed by atoms with Crippen molar-refractivity contribution in [3.63, 3.8) is 0 Å². The van der Waals surface area contributed by atoms with Crippen LogP contribution in [0.5, 0.6) is 0 Å². The molecule has 0 aromatic rings. The van der Waals surface area contributed by atoms with E-state index in [1.54, 1.807) is 0 Å². The van der Waals surface area contributed by atoms with Crippen LogP contribution in [0.15, 0.2) is 12.2 Å². The minimum atomic E-state index is -1.56. The number of carbonyl (C=O) groups is 5. The molecule has 1 heterocycles. The van der Waals surface area contributed by atoms with E-state index >= 15 is 0 Å². The van der Waals surface area contributed by atoms with Gasteiger partial charge in [0.2, 0.25) is 0 Å². The van der Waals surface area contributed by atoms with Crippen LogP contribution in [-0.4, -0.2) is 140 Å². The van der Waals surface area contributed by atoms with Gasteiger partial charge in [-0.2, -0.15) is 0 Å². The number of hydrogen-bond acceptors (Lipinski definition) is 16. The Balaban J connectivity index is 2.90. The van der Waals surface area contributed by atoms with E-state index in [4.69, 9.17) is 52.1 Å².